The lowest BCUT2D eigenvalue weighted by Crippen LogP contribution is -2.00. The molecule has 0 aliphatic rings. The van der Waals surface area contributed by atoms with Crippen LogP contribution < -0.4 is 0 Å². The fourth-order valence-corrected chi connectivity index (χ4v) is 16.6. The van der Waals surface area contributed by atoms with E-state index in [1.807, 2.05) is 315 Å². The third-order valence-electron chi connectivity index (χ3n) is 21.0. The lowest BCUT2D eigenvalue weighted by molar-refractivity contribution is 0.625. The zero-order chi connectivity index (χ0) is 84.2. The molecule has 15 aromatic carbocycles. The molecular weight excluding hydrogens is 1590 g/mol. The van der Waals surface area contributed by atoms with Crippen LogP contribution in [0.3, 0.4) is 0 Å². The average Bonchev–Trinajstić information content (AvgIpc) is 1.61. The van der Waals surface area contributed by atoms with Crippen LogP contribution in [-0.4, -0.2) is 59.8 Å². The van der Waals surface area contributed by atoms with Crippen LogP contribution in [0.5, 0.6) is 0 Å². The van der Waals surface area contributed by atoms with Gasteiger partial charge in [-0.2, -0.15) is 0 Å². The standard InChI is InChI=1S/C35H23N3O.C29H19N3S.C23H15N3O.C23H15N3S/c1-3-9-24(10-4-1)25-15-19-28(20-16-25)34-36-33(27-11-5-2-6-12-27)37-35(38-34)29-21-17-26(18-22-29)32-23-30-13-7-8-14-31(30)39-32;1-3-9-21(10-4-1)27-30-28(22-11-5-2-6-12-22)32-29(31-27)23-17-15-20(16-18-23)26-19-24-13-7-8-14-25(24)33-26;2*1-3-9-16(10-4-1)21-24-22(17-11-5-2-6-12-17)26-23(25-21)20-15-18-13-7-8-14-19(18)27-20/h1-23H;1-19H;2*1-15H. The fraction of sp³-hybridized carbons (Fsp3) is 0. The van der Waals surface area contributed by atoms with Crippen LogP contribution in [0, 0.1) is 0 Å². The predicted molar refractivity (Wildman–Crippen MR) is 511 cm³/mol. The van der Waals surface area contributed by atoms with Crippen molar-refractivity contribution in [3.8, 4) is 169 Å². The molecular formula is C110H72N12O2S2. The average molecular weight is 1660 g/mol. The van der Waals surface area contributed by atoms with Crippen LogP contribution in [0.1, 0.15) is 0 Å². The Kier molecular flexibility index (Phi) is 22.5. The minimum absolute atomic E-state index is 0.527. The van der Waals surface area contributed by atoms with Crippen LogP contribution in [0.4, 0.5) is 0 Å². The molecule has 0 aliphatic heterocycles. The Bertz CT molecular complexity index is 7160. The lowest BCUT2D eigenvalue weighted by Gasteiger charge is -2.09. The number of aromatic nitrogens is 12. The topological polar surface area (TPSA) is 181 Å². The second kappa shape index (κ2) is 36.3. The van der Waals surface area contributed by atoms with E-state index >= 15 is 0 Å². The summed E-state index contributed by atoms with van der Waals surface area (Å²) in [7, 11) is 0. The van der Waals surface area contributed by atoms with Gasteiger partial charge in [-0.05, 0) is 76.0 Å². The summed E-state index contributed by atoms with van der Waals surface area (Å²) in [6, 6.07) is 147. The Balaban J connectivity index is 0.000000107. The van der Waals surface area contributed by atoms with E-state index in [-0.39, 0.29) is 0 Å². The molecule has 0 atom stereocenters. The van der Waals surface area contributed by atoms with E-state index < -0.39 is 0 Å². The summed E-state index contributed by atoms with van der Waals surface area (Å²) in [5, 5.41) is 4.60. The summed E-state index contributed by atoms with van der Waals surface area (Å²) in [6.45, 7) is 0. The number of furan rings is 2. The van der Waals surface area contributed by atoms with Crippen LogP contribution in [-0.2, 0) is 0 Å². The van der Waals surface area contributed by atoms with E-state index in [4.69, 9.17) is 53.7 Å². The molecule has 0 N–H and O–H groups in total. The van der Waals surface area contributed by atoms with E-state index in [0.29, 0.717) is 75.7 Å². The molecule has 596 valence electrons. The maximum absolute atomic E-state index is 6.05. The van der Waals surface area contributed by atoms with Crippen molar-refractivity contribution in [3.05, 3.63) is 437 Å². The van der Waals surface area contributed by atoms with Crippen molar-refractivity contribution in [1.29, 1.82) is 0 Å². The smallest absolute Gasteiger partial charge is 0.199 e. The number of hydrogen-bond acceptors (Lipinski definition) is 16. The molecule has 0 aliphatic carbocycles. The van der Waals surface area contributed by atoms with Crippen molar-refractivity contribution < 1.29 is 8.83 Å². The third kappa shape index (κ3) is 17.8. The summed E-state index contributed by atoms with van der Waals surface area (Å²) >= 11 is 3.52. The third-order valence-corrected chi connectivity index (χ3v) is 23.3. The number of hydrogen-bond donors (Lipinski definition) is 0. The first-order valence-electron chi connectivity index (χ1n) is 41.1. The second-order valence-corrected chi connectivity index (χ2v) is 31.6. The molecule has 0 spiro atoms. The molecule has 23 rings (SSSR count). The summed E-state index contributed by atoms with van der Waals surface area (Å²) in [6.07, 6.45) is 0. The Morgan fingerprint density at radius 2 is 0.357 bits per heavy atom. The molecule has 0 saturated heterocycles. The summed E-state index contributed by atoms with van der Waals surface area (Å²) in [4.78, 5) is 59.7. The van der Waals surface area contributed by atoms with Gasteiger partial charge in [-0.25, -0.2) is 59.8 Å². The molecule has 16 heteroatoms. The number of para-hydroxylation sites is 2. The van der Waals surface area contributed by atoms with E-state index in [1.54, 1.807) is 11.3 Å². The van der Waals surface area contributed by atoms with E-state index in [0.717, 1.165) is 99.3 Å². The molecule has 0 amide bonds. The highest BCUT2D eigenvalue weighted by Crippen LogP contribution is 2.39. The SMILES string of the molecule is c1ccc(-c2ccc(-c3nc(-c4ccccc4)nc(-c4ccc(-c5cc6ccccc6o5)cc4)n3)cc2)cc1.c1ccc(-c2nc(-c3ccccc3)nc(-c3cc4ccccc4o3)n2)cc1.c1ccc(-c2nc(-c3ccccc3)nc(-c3cc4ccccc4s3)n2)cc1.c1ccc(-c2nc(-c3ccccc3)nc(-c3ccc(-c4cc5ccccc5s4)cc3)n2)cc1. The van der Waals surface area contributed by atoms with Gasteiger partial charge in [0.05, 0.1) is 4.88 Å². The van der Waals surface area contributed by atoms with Crippen molar-refractivity contribution in [2.75, 3.05) is 0 Å². The first-order valence-corrected chi connectivity index (χ1v) is 42.8. The van der Waals surface area contributed by atoms with Gasteiger partial charge in [-0.1, -0.05) is 388 Å². The molecule has 126 heavy (non-hydrogen) atoms. The van der Waals surface area contributed by atoms with E-state index in [9.17, 15) is 0 Å². The van der Waals surface area contributed by atoms with Crippen LogP contribution in [0.25, 0.3) is 211 Å². The molecule has 0 fully saturated rings. The highest BCUT2D eigenvalue weighted by Gasteiger charge is 2.21. The Morgan fingerprint density at radius 1 is 0.143 bits per heavy atom. The first-order chi connectivity index (χ1) is 62.4. The number of rotatable bonds is 15. The summed E-state index contributed by atoms with van der Waals surface area (Å²) in [5.41, 5.74) is 15.8. The molecule has 0 unspecified atom stereocenters. The largest absolute Gasteiger partial charge is 0.456 e. The molecule has 0 radical (unpaired) electrons. The highest BCUT2D eigenvalue weighted by atomic mass is 32.1. The van der Waals surface area contributed by atoms with Crippen molar-refractivity contribution in [2.24, 2.45) is 0 Å². The minimum Gasteiger partial charge on any atom is -0.456 e. The van der Waals surface area contributed by atoms with Crippen molar-refractivity contribution in [3.63, 3.8) is 0 Å². The Morgan fingerprint density at radius 3 is 0.683 bits per heavy atom. The van der Waals surface area contributed by atoms with E-state index in [1.165, 1.54) is 36.2 Å². The summed E-state index contributed by atoms with van der Waals surface area (Å²) < 4.78 is 14.6. The van der Waals surface area contributed by atoms with Gasteiger partial charge in [-0.3, -0.25) is 0 Å². The molecule has 23 aromatic rings. The normalized spacial score (nSPS) is 11.0. The van der Waals surface area contributed by atoms with Crippen LogP contribution >= 0.6 is 22.7 Å². The Hall–Kier alpha value is -16.7. The number of thiophene rings is 2. The predicted octanol–water partition coefficient (Wildman–Crippen LogP) is 28.4. The van der Waals surface area contributed by atoms with Crippen LogP contribution in [0.2, 0.25) is 0 Å². The van der Waals surface area contributed by atoms with Gasteiger partial charge in [0.25, 0.3) is 0 Å². The molecule has 0 saturated carbocycles. The van der Waals surface area contributed by atoms with Crippen molar-refractivity contribution >= 4 is 64.8 Å². The van der Waals surface area contributed by atoms with Crippen molar-refractivity contribution in [2.45, 2.75) is 0 Å². The van der Waals surface area contributed by atoms with Gasteiger partial charge in [0.15, 0.2) is 75.7 Å². The Labute approximate surface area is 734 Å². The molecule has 0 bridgehead atoms. The maximum Gasteiger partial charge on any atom is 0.199 e. The first kappa shape index (κ1) is 77.9. The lowest BCUT2D eigenvalue weighted by atomic mass is 10.0. The van der Waals surface area contributed by atoms with Gasteiger partial charge >= 0.3 is 0 Å². The molecule has 8 aromatic heterocycles. The number of benzene rings is 15. The second-order valence-electron chi connectivity index (χ2n) is 29.5. The quantitative estimate of drug-likeness (QED) is 0.0945. The van der Waals surface area contributed by atoms with Gasteiger partial charge in [0.1, 0.15) is 16.9 Å². The van der Waals surface area contributed by atoms with E-state index in [2.05, 4.69) is 148 Å². The summed E-state index contributed by atoms with van der Waals surface area (Å²) in [5.74, 6) is 9.27. The van der Waals surface area contributed by atoms with Crippen LogP contribution in [0.15, 0.2) is 446 Å². The zero-order valence-electron chi connectivity index (χ0n) is 67.6. The van der Waals surface area contributed by atoms with Gasteiger partial charge in [-0.15, -0.1) is 22.7 Å². The zero-order valence-corrected chi connectivity index (χ0v) is 69.2. The number of nitrogens with zero attached hydrogens (tertiary/aromatic N) is 12. The fourth-order valence-electron chi connectivity index (χ4n) is 14.6. The molecule has 8 heterocycles. The van der Waals surface area contributed by atoms with Crippen molar-refractivity contribution in [1.82, 2.24) is 59.8 Å². The van der Waals surface area contributed by atoms with Gasteiger partial charge in [0, 0.05) is 86.2 Å². The minimum atomic E-state index is 0.527. The highest BCUT2D eigenvalue weighted by molar-refractivity contribution is 7.22. The molecule has 14 nitrogen and oxygen atoms in total. The van der Waals surface area contributed by atoms with Gasteiger partial charge < -0.3 is 8.83 Å². The monoisotopic (exact) mass is 1660 g/mol. The number of fused-ring (bicyclic) bond motifs is 4. The van der Waals surface area contributed by atoms with Gasteiger partial charge in [0.2, 0.25) is 0 Å². The maximum atomic E-state index is 6.05.